The second-order valence-electron chi connectivity index (χ2n) is 5.71. The number of ether oxygens (including phenoxy) is 3. The molecule has 9 nitrogen and oxygen atoms in total. The van der Waals surface area contributed by atoms with Crippen molar-refractivity contribution in [2.75, 3.05) is 6.61 Å². The van der Waals surface area contributed by atoms with Crippen LogP contribution in [-0.4, -0.2) is 41.0 Å². The first kappa shape index (κ1) is 18.3. The van der Waals surface area contributed by atoms with Crippen LogP contribution >= 0.6 is 0 Å². The highest BCUT2D eigenvalue weighted by atomic mass is 16.8. The van der Waals surface area contributed by atoms with Gasteiger partial charge >= 0.3 is 11.9 Å². The van der Waals surface area contributed by atoms with Gasteiger partial charge in [0.2, 0.25) is 0 Å². The normalized spacial score (nSPS) is 15.1. The van der Waals surface area contributed by atoms with Gasteiger partial charge in [-0.05, 0) is 35.4 Å². The molecule has 3 rings (SSSR count). The number of hydrogen-bond acceptors (Lipinski definition) is 8. The molecule has 9 heteroatoms. The Morgan fingerprint density at radius 3 is 2.04 bits per heavy atom. The topological polar surface area (TPSA) is 125 Å². The first-order valence-corrected chi connectivity index (χ1v) is 8.01. The van der Waals surface area contributed by atoms with Crippen LogP contribution in [0.5, 0.6) is 5.75 Å². The van der Waals surface area contributed by atoms with Crippen LogP contribution in [0.4, 0.5) is 5.69 Å². The largest absolute Gasteiger partial charge is 0.493 e. The fourth-order valence-corrected chi connectivity index (χ4v) is 2.44. The number of cyclic esters (lactones) is 2. The molecule has 140 valence electrons. The summed E-state index contributed by atoms with van der Waals surface area (Å²) in [4.78, 5) is 32.0. The molecule has 0 spiro atoms. The predicted molar refractivity (Wildman–Crippen MR) is 90.6 cm³/mol. The molecule has 0 aromatic heterocycles. The zero-order valence-electron chi connectivity index (χ0n) is 13.9. The number of carbonyl (C=O) groups excluding carboxylic acids is 2. The quantitative estimate of drug-likeness (QED) is 0.337. The average molecular weight is 373 g/mol. The molecule has 0 saturated carbocycles. The minimum absolute atomic E-state index is 0.0240. The van der Waals surface area contributed by atoms with E-state index in [0.717, 1.165) is 11.1 Å². The summed E-state index contributed by atoms with van der Waals surface area (Å²) in [5.41, 5.74) is 1.71. The number of rotatable bonds is 7. The molecule has 1 atom stereocenters. The van der Waals surface area contributed by atoms with Gasteiger partial charge in [-0.15, -0.1) is 0 Å². The van der Waals surface area contributed by atoms with Crippen LogP contribution in [0.1, 0.15) is 6.42 Å². The van der Waals surface area contributed by atoms with Crippen molar-refractivity contribution in [3.8, 4) is 16.9 Å². The molecule has 1 aliphatic rings. The number of non-ortho nitro benzene ring substituents is 1. The number of nitro benzene ring substituents is 1. The Bertz CT molecular complexity index is 831. The highest BCUT2D eigenvalue weighted by molar-refractivity contribution is 6.30. The van der Waals surface area contributed by atoms with Gasteiger partial charge < -0.3 is 19.3 Å². The van der Waals surface area contributed by atoms with Gasteiger partial charge in [-0.2, -0.15) is 0 Å². The number of aliphatic hydroxyl groups is 1. The van der Waals surface area contributed by atoms with Crippen molar-refractivity contribution in [2.24, 2.45) is 0 Å². The molecule has 2 aromatic carbocycles. The van der Waals surface area contributed by atoms with E-state index in [4.69, 9.17) is 4.74 Å². The fraction of sp³-hybridized carbons (Fsp3) is 0.222. The smallest absolute Gasteiger partial charge is 0.420 e. The lowest BCUT2D eigenvalue weighted by molar-refractivity contribution is -0.384. The monoisotopic (exact) mass is 373 g/mol. The molecular weight excluding hydrogens is 358 g/mol. The Labute approximate surface area is 153 Å². The molecule has 1 N–H and O–H groups in total. The third-order valence-corrected chi connectivity index (χ3v) is 3.88. The molecule has 1 aliphatic heterocycles. The standard InChI is InChI=1S/C18H15NO8/c20-15(18-26-16(21)17(22)27-18)9-10-25-14-7-3-12(4-8-14)11-1-5-13(6-2-11)19(23)24/h1-8,15,18,20H,9-10H2. The molecule has 0 aliphatic carbocycles. The zero-order valence-corrected chi connectivity index (χ0v) is 13.9. The summed E-state index contributed by atoms with van der Waals surface area (Å²) in [7, 11) is 0. The maximum absolute atomic E-state index is 10.9. The van der Waals surface area contributed by atoms with Gasteiger partial charge in [-0.3, -0.25) is 10.1 Å². The molecule has 0 amide bonds. The van der Waals surface area contributed by atoms with Gasteiger partial charge in [0.05, 0.1) is 11.5 Å². The number of nitrogens with zero attached hydrogens (tertiary/aromatic N) is 1. The molecule has 1 fully saturated rings. The molecule has 27 heavy (non-hydrogen) atoms. The summed E-state index contributed by atoms with van der Waals surface area (Å²) < 4.78 is 14.6. The van der Waals surface area contributed by atoms with Crippen molar-refractivity contribution in [3.63, 3.8) is 0 Å². The highest BCUT2D eigenvalue weighted by Gasteiger charge is 2.38. The van der Waals surface area contributed by atoms with Gasteiger partial charge in [0.1, 0.15) is 11.9 Å². The average Bonchev–Trinajstić information content (AvgIpc) is 3.01. The Kier molecular flexibility index (Phi) is 5.32. The fourth-order valence-electron chi connectivity index (χ4n) is 2.44. The molecule has 1 heterocycles. The second-order valence-corrected chi connectivity index (χ2v) is 5.71. The second kappa shape index (κ2) is 7.83. The Balaban J connectivity index is 1.51. The lowest BCUT2D eigenvalue weighted by Crippen LogP contribution is -2.29. The maximum Gasteiger partial charge on any atom is 0.420 e. The summed E-state index contributed by atoms with van der Waals surface area (Å²) in [6.45, 7) is 0.115. The van der Waals surface area contributed by atoms with Crippen molar-refractivity contribution in [2.45, 2.75) is 18.8 Å². The molecule has 1 unspecified atom stereocenters. The zero-order chi connectivity index (χ0) is 19.4. The van der Waals surface area contributed by atoms with E-state index in [1.54, 1.807) is 36.4 Å². The van der Waals surface area contributed by atoms with E-state index in [0.29, 0.717) is 5.75 Å². The minimum Gasteiger partial charge on any atom is -0.493 e. The van der Waals surface area contributed by atoms with Gasteiger partial charge in [-0.1, -0.05) is 12.1 Å². The predicted octanol–water partition coefficient (Wildman–Crippen LogP) is 1.82. The SMILES string of the molecule is O=C1OC(C(O)CCOc2ccc(-c3ccc([N+](=O)[O-])cc3)cc2)OC1=O. The summed E-state index contributed by atoms with van der Waals surface area (Å²) in [6.07, 6.45) is -2.40. The van der Waals surface area contributed by atoms with Gasteiger partial charge in [-0.25, -0.2) is 9.59 Å². The van der Waals surface area contributed by atoms with Crippen molar-refractivity contribution < 1.29 is 33.8 Å². The van der Waals surface area contributed by atoms with Crippen LogP contribution in [-0.2, 0) is 19.1 Å². The van der Waals surface area contributed by atoms with Crippen molar-refractivity contribution in [1.82, 2.24) is 0 Å². The van der Waals surface area contributed by atoms with E-state index in [2.05, 4.69) is 9.47 Å². The van der Waals surface area contributed by atoms with E-state index >= 15 is 0 Å². The molecule has 2 aromatic rings. The van der Waals surface area contributed by atoms with E-state index < -0.39 is 29.3 Å². The van der Waals surface area contributed by atoms with Crippen LogP contribution in [0.15, 0.2) is 48.5 Å². The number of esters is 2. The summed E-state index contributed by atoms with van der Waals surface area (Å²) in [5, 5.41) is 20.5. The number of carbonyl (C=O) groups is 2. The summed E-state index contributed by atoms with van der Waals surface area (Å²) >= 11 is 0. The summed E-state index contributed by atoms with van der Waals surface area (Å²) in [6, 6.07) is 13.2. The maximum atomic E-state index is 10.9. The van der Waals surface area contributed by atoms with Crippen LogP contribution in [0.3, 0.4) is 0 Å². The minimum atomic E-state index is -1.31. The number of aliphatic hydroxyl groups excluding tert-OH is 1. The van der Waals surface area contributed by atoms with Crippen molar-refractivity contribution in [3.05, 3.63) is 58.6 Å². The summed E-state index contributed by atoms with van der Waals surface area (Å²) in [5.74, 6) is -1.70. The third kappa shape index (κ3) is 4.39. The van der Waals surface area contributed by atoms with Crippen LogP contribution < -0.4 is 4.74 Å². The van der Waals surface area contributed by atoms with Gasteiger partial charge in [0, 0.05) is 18.6 Å². The molecule has 0 bridgehead atoms. The Morgan fingerprint density at radius 2 is 1.52 bits per heavy atom. The third-order valence-electron chi connectivity index (χ3n) is 3.88. The lowest BCUT2D eigenvalue weighted by atomic mass is 10.1. The van der Waals surface area contributed by atoms with E-state index in [9.17, 15) is 24.8 Å². The number of nitro groups is 1. The van der Waals surface area contributed by atoms with Gasteiger partial charge in [0.25, 0.3) is 12.0 Å². The van der Waals surface area contributed by atoms with Crippen LogP contribution in [0.25, 0.3) is 11.1 Å². The Morgan fingerprint density at radius 1 is 1.00 bits per heavy atom. The number of benzene rings is 2. The van der Waals surface area contributed by atoms with E-state index in [-0.39, 0.29) is 18.7 Å². The van der Waals surface area contributed by atoms with E-state index in [1.807, 2.05) is 0 Å². The van der Waals surface area contributed by atoms with Crippen molar-refractivity contribution >= 4 is 17.6 Å². The molecular formula is C18H15NO8. The first-order valence-electron chi connectivity index (χ1n) is 8.01. The molecule has 1 saturated heterocycles. The lowest BCUT2D eigenvalue weighted by Gasteiger charge is -2.15. The van der Waals surface area contributed by atoms with Crippen LogP contribution in [0, 0.1) is 10.1 Å². The number of hydrogen-bond donors (Lipinski definition) is 1. The van der Waals surface area contributed by atoms with Gasteiger partial charge in [0.15, 0.2) is 0 Å². The van der Waals surface area contributed by atoms with Crippen molar-refractivity contribution in [1.29, 1.82) is 0 Å². The first-order chi connectivity index (χ1) is 12.9. The Hall–Kier alpha value is -3.46. The highest BCUT2D eigenvalue weighted by Crippen LogP contribution is 2.24. The van der Waals surface area contributed by atoms with Crippen LogP contribution in [0.2, 0.25) is 0 Å². The molecule has 0 radical (unpaired) electrons. The van der Waals surface area contributed by atoms with E-state index in [1.165, 1.54) is 12.1 Å².